The number of ether oxygens (including phenoxy) is 1. The Labute approximate surface area is 131 Å². The number of aromatic nitrogens is 2. The molecule has 1 N–H and O–H groups in total. The van der Waals surface area contributed by atoms with E-state index in [1.165, 1.54) is 25.1 Å². The standard InChI is InChI=1S/C15H16F3N3O2/c1-10(14(22)19-7-11-8-20-21(2)9-11)23-13-6-4-3-5-12(13)15(16,17)18/h3-6,8-10H,7H2,1-2H3,(H,19,22)/t10-/m1/s1. The van der Waals surface area contributed by atoms with Crippen LogP contribution in [0.2, 0.25) is 0 Å². The first kappa shape index (κ1) is 16.9. The van der Waals surface area contributed by atoms with Gasteiger partial charge in [-0.25, -0.2) is 0 Å². The van der Waals surface area contributed by atoms with Gasteiger partial charge in [0.15, 0.2) is 6.10 Å². The Balaban J connectivity index is 1.98. The maximum absolute atomic E-state index is 12.9. The largest absolute Gasteiger partial charge is 0.480 e. The van der Waals surface area contributed by atoms with Gasteiger partial charge in [-0.2, -0.15) is 18.3 Å². The molecule has 8 heteroatoms. The number of rotatable bonds is 5. The second-order valence-corrected chi connectivity index (χ2v) is 4.99. The normalized spacial score (nSPS) is 12.7. The molecule has 1 heterocycles. The molecule has 0 aliphatic rings. The molecule has 0 unspecified atom stereocenters. The van der Waals surface area contributed by atoms with Crippen LogP contribution in [0, 0.1) is 0 Å². The lowest BCUT2D eigenvalue weighted by Gasteiger charge is -2.18. The lowest BCUT2D eigenvalue weighted by atomic mass is 10.2. The third-order valence-corrected chi connectivity index (χ3v) is 3.09. The van der Waals surface area contributed by atoms with Crippen LogP contribution in [0.5, 0.6) is 5.75 Å². The molecule has 1 aromatic carbocycles. The van der Waals surface area contributed by atoms with Gasteiger partial charge >= 0.3 is 6.18 Å². The number of hydrogen-bond acceptors (Lipinski definition) is 3. The van der Waals surface area contributed by atoms with E-state index in [0.29, 0.717) is 0 Å². The number of alkyl halides is 3. The summed E-state index contributed by atoms with van der Waals surface area (Å²) in [4.78, 5) is 11.9. The molecule has 0 fully saturated rings. The Hall–Kier alpha value is -2.51. The molecular weight excluding hydrogens is 311 g/mol. The summed E-state index contributed by atoms with van der Waals surface area (Å²) in [6.07, 6.45) is -2.28. The molecule has 124 valence electrons. The fourth-order valence-electron chi connectivity index (χ4n) is 1.94. The highest BCUT2D eigenvalue weighted by Crippen LogP contribution is 2.36. The van der Waals surface area contributed by atoms with Gasteiger partial charge in [-0.05, 0) is 19.1 Å². The second kappa shape index (κ2) is 6.72. The summed E-state index contributed by atoms with van der Waals surface area (Å²) in [6.45, 7) is 1.62. The van der Waals surface area contributed by atoms with Gasteiger partial charge in [0, 0.05) is 25.4 Å². The van der Waals surface area contributed by atoms with Crippen molar-refractivity contribution in [2.24, 2.45) is 7.05 Å². The van der Waals surface area contributed by atoms with E-state index < -0.39 is 23.8 Å². The highest BCUT2D eigenvalue weighted by molar-refractivity contribution is 5.80. The van der Waals surface area contributed by atoms with E-state index in [1.54, 1.807) is 24.1 Å². The fourth-order valence-corrected chi connectivity index (χ4v) is 1.94. The number of carbonyl (C=O) groups is 1. The predicted octanol–water partition coefficient (Wildman–Crippen LogP) is 2.52. The summed E-state index contributed by atoms with van der Waals surface area (Å²) >= 11 is 0. The zero-order valence-corrected chi connectivity index (χ0v) is 12.6. The van der Waals surface area contributed by atoms with Gasteiger partial charge in [-0.1, -0.05) is 12.1 Å². The molecule has 2 rings (SSSR count). The highest BCUT2D eigenvalue weighted by atomic mass is 19.4. The quantitative estimate of drug-likeness (QED) is 0.918. The van der Waals surface area contributed by atoms with Crippen LogP contribution < -0.4 is 10.1 Å². The first-order valence-electron chi connectivity index (χ1n) is 6.85. The molecule has 1 aromatic heterocycles. The topological polar surface area (TPSA) is 56.1 Å². The molecule has 1 atom stereocenters. The minimum absolute atomic E-state index is 0.224. The van der Waals surface area contributed by atoms with Crippen molar-refractivity contribution < 1.29 is 22.7 Å². The highest BCUT2D eigenvalue weighted by Gasteiger charge is 2.34. The molecule has 0 aliphatic heterocycles. The lowest BCUT2D eigenvalue weighted by Crippen LogP contribution is -2.36. The van der Waals surface area contributed by atoms with Crippen molar-refractivity contribution in [3.8, 4) is 5.75 Å². The number of halogens is 3. The number of aryl methyl sites for hydroxylation is 1. The Morgan fingerprint density at radius 2 is 2.09 bits per heavy atom. The van der Waals surface area contributed by atoms with Crippen LogP contribution in [-0.4, -0.2) is 21.8 Å². The Morgan fingerprint density at radius 1 is 1.39 bits per heavy atom. The number of carbonyl (C=O) groups excluding carboxylic acids is 1. The molecule has 2 aromatic rings. The van der Waals surface area contributed by atoms with E-state index in [2.05, 4.69) is 10.4 Å². The minimum atomic E-state index is -4.54. The number of nitrogens with one attached hydrogen (secondary N) is 1. The van der Waals surface area contributed by atoms with Crippen molar-refractivity contribution in [1.29, 1.82) is 0 Å². The molecule has 0 saturated carbocycles. The molecule has 0 radical (unpaired) electrons. The second-order valence-electron chi connectivity index (χ2n) is 4.99. The SMILES string of the molecule is C[C@@H](Oc1ccccc1C(F)(F)F)C(=O)NCc1cnn(C)c1. The van der Waals surface area contributed by atoms with E-state index in [4.69, 9.17) is 4.74 Å². The molecule has 1 amide bonds. The number of nitrogens with zero attached hydrogens (tertiary/aromatic N) is 2. The maximum Gasteiger partial charge on any atom is 0.419 e. The van der Waals surface area contributed by atoms with Crippen LogP contribution >= 0.6 is 0 Å². The molecular formula is C15H16F3N3O2. The van der Waals surface area contributed by atoms with E-state index in [0.717, 1.165) is 11.6 Å². The Morgan fingerprint density at radius 3 is 2.70 bits per heavy atom. The summed E-state index contributed by atoms with van der Waals surface area (Å²) in [5, 5.41) is 6.55. The molecule has 23 heavy (non-hydrogen) atoms. The van der Waals surface area contributed by atoms with Gasteiger partial charge in [0.2, 0.25) is 0 Å². The summed E-state index contributed by atoms with van der Waals surface area (Å²) in [5.74, 6) is -0.880. The van der Waals surface area contributed by atoms with Crippen molar-refractivity contribution in [3.63, 3.8) is 0 Å². The van der Waals surface area contributed by atoms with Crippen LogP contribution in [0.25, 0.3) is 0 Å². The van der Waals surface area contributed by atoms with Gasteiger partial charge in [0.25, 0.3) is 5.91 Å². The molecule has 0 spiro atoms. The number of para-hydroxylation sites is 1. The van der Waals surface area contributed by atoms with Crippen LogP contribution in [0.15, 0.2) is 36.7 Å². The average molecular weight is 327 g/mol. The van der Waals surface area contributed by atoms with Gasteiger partial charge < -0.3 is 10.1 Å². The third-order valence-electron chi connectivity index (χ3n) is 3.09. The summed E-state index contributed by atoms with van der Waals surface area (Å²) in [5.41, 5.74) is -0.129. The first-order valence-corrected chi connectivity index (χ1v) is 6.85. The lowest BCUT2D eigenvalue weighted by molar-refractivity contribution is -0.140. The summed E-state index contributed by atoms with van der Waals surface area (Å²) in [7, 11) is 1.74. The van der Waals surface area contributed by atoms with Gasteiger partial charge in [0.1, 0.15) is 5.75 Å². The van der Waals surface area contributed by atoms with Crippen molar-refractivity contribution in [2.75, 3.05) is 0 Å². The number of benzene rings is 1. The zero-order valence-electron chi connectivity index (χ0n) is 12.6. The number of amides is 1. The molecule has 0 saturated heterocycles. The van der Waals surface area contributed by atoms with E-state index in [9.17, 15) is 18.0 Å². The predicted molar refractivity (Wildman–Crippen MR) is 76.6 cm³/mol. The third kappa shape index (κ3) is 4.48. The van der Waals surface area contributed by atoms with Gasteiger partial charge in [0.05, 0.1) is 11.8 Å². The van der Waals surface area contributed by atoms with Crippen molar-refractivity contribution >= 4 is 5.91 Å². The zero-order chi connectivity index (χ0) is 17.0. The maximum atomic E-state index is 12.9. The van der Waals surface area contributed by atoms with Crippen LogP contribution in [0.1, 0.15) is 18.1 Å². The van der Waals surface area contributed by atoms with Crippen LogP contribution in [0.4, 0.5) is 13.2 Å². The van der Waals surface area contributed by atoms with Gasteiger partial charge in [-0.3, -0.25) is 9.48 Å². The smallest absolute Gasteiger partial charge is 0.419 e. The van der Waals surface area contributed by atoms with E-state index in [1.807, 2.05) is 0 Å². The Kier molecular flexibility index (Phi) is 4.92. The monoisotopic (exact) mass is 327 g/mol. The molecule has 5 nitrogen and oxygen atoms in total. The molecule has 0 bridgehead atoms. The number of hydrogen-bond donors (Lipinski definition) is 1. The summed E-state index contributed by atoms with van der Waals surface area (Å²) in [6, 6.07) is 4.79. The first-order chi connectivity index (χ1) is 10.8. The Bertz CT molecular complexity index is 683. The van der Waals surface area contributed by atoms with Crippen LogP contribution in [0.3, 0.4) is 0 Å². The minimum Gasteiger partial charge on any atom is -0.480 e. The van der Waals surface area contributed by atoms with Crippen molar-refractivity contribution in [1.82, 2.24) is 15.1 Å². The van der Waals surface area contributed by atoms with Crippen molar-refractivity contribution in [3.05, 3.63) is 47.8 Å². The average Bonchev–Trinajstić information content (AvgIpc) is 2.89. The van der Waals surface area contributed by atoms with E-state index >= 15 is 0 Å². The fraction of sp³-hybridized carbons (Fsp3) is 0.333. The van der Waals surface area contributed by atoms with E-state index in [-0.39, 0.29) is 12.3 Å². The molecule has 0 aliphatic carbocycles. The van der Waals surface area contributed by atoms with Gasteiger partial charge in [-0.15, -0.1) is 0 Å². The van der Waals surface area contributed by atoms with Crippen molar-refractivity contribution in [2.45, 2.75) is 25.7 Å². The summed E-state index contributed by atoms with van der Waals surface area (Å²) < 4.78 is 45.4. The van der Waals surface area contributed by atoms with Crippen LogP contribution in [-0.2, 0) is 24.6 Å².